The summed E-state index contributed by atoms with van der Waals surface area (Å²) in [6.07, 6.45) is 2.64. The van der Waals surface area contributed by atoms with E-state index in [9.17, 15) is 0 Å². The summed E-state index contributed by atoms with van der Waals surface area (Å²) in [7, 11) is 0. The number of hydrogen-bond donors (Lipinski definition) is 1. The van der Waals surface area contributed by atoms with Gasteiger partial charge in [-0.1, -0.05) is 23.7 Å². The van der Waals surface area contributed by atoms with Gasteiger partial charge in [-0.15, -0.1) is 11.8 Å². The second-order valence-electron chi connectivity index (χ2n) is 4.66. The molecule has 0 amide bonds. The van der Waals surface area contributed by atoms with E-state index in [0.717, 1.165) is 30.8 Å². The molecule has 92 valence electrons. The Morgan fingerprint density at radius 3 is 2.82 bits per heavy atom. The fourth-order valence-electron chi connectivity index (χ4n) is 1.82. The number of rotatable bonds is 5. The Morgan fingerprint density at radius 2 is 2.18 bits per heavy atom. The van der Waals surface area contributed by atoms with E-state index in [1.165, 1.54) is 23.3 Å². The van der Waals surface area contributed by atoms with Crippen molar-refractivity contribution in [2.75, 3.05) is 13.2 Å². The first-order chi connectivity index (χ1) is 8.33. The minimum absolute atomic E-state index is 0.578. The van der Waals surface area contributed by atoms with Gasteiger partial charge in [0.2, 0.25) is 0 Å². The third-order valence-electron chi connectivity index (χ3n) is 3.10. The Kier molecular flexibility index (Phi) is 3.61. The first kappa shape index (κ1) is 11.8. The molecule has 0 radical (unpaired) electrons. The normalized spacial score (nSPS) is 20.3. The molecule has 1 saturated carbocycles. The molecule has 1 N–H and O–H groups in total. The Hall–Kier alpha value is -0.220. The van der Waals surface area contributed by atoms with Gasteiger partial charge in [0.05, 0.1) is 23.5 Å². The van der Waals surface area contributed by atoms with Crippen LogP contribution in [-0.4, -0.2) is 24.5 Å². The van der Waals surface area contributed by atoms with Crippen LogP contribution in [0.4, 0.5) is 0 Å². The molecule has 1 aromatic carbocycles. The average Bonchev–Trinajstić information content (AvgIpc) is 3.06. The van der Waals surface area contributed by atoms with E-state index in [1.54, 1.807) is 0 Å². The molecule has 1 aromatic rings. The summed E-state index contributed by atoms with van der Waals surface area (Å²) < 4.78 is 5.22. The predicted molar refractivity (Wildman–Crippen MR) is 71.8 cm³/mol. The van der Waals surface area contributed by atoms with Gasteiger partial charge in [-0.05, 0) is 24.5 Å². The second kappa shape index (κ2) is 5.19. The van der Waals surface area contributed by atoms with E-state index in [-0.39, 0.29) is 0 Å². The van der Waals surface area contributed by atoms with E-state index in [2.05, 4.69) is 11.4 Å². The summed E-state index contributed by atoms with van der Waals surface area (Å²) in [5.74, 6) is 0. The lowest BCUT2D eigenvalue weighted by Gasteiger charge is -2.26. The highest BCUT2D eigenvalue weighted by Gasteiger charge is 2.24. The van der Waals surface area contributed by atoms with Crippen molar-refractivity contribution in [2.45, 2.75) is 35.6 Å². The SMILES string of the molecule is Clc1cccc(CNC2CC2)c1SC1COC1. The molecule has 0 spiro atoms. The summed E-state index contributed by atoms with van der Waals surface area (Å²) in [6.45, 7) is 2.64. The van der Waals surface area contributed by atoms with Gasteiger partial charge in [0, 0.05) is 17.5 Å². The molecule has 4 heteroatoms. The lowest BCUT2D eigenvalue weighted by molar-refractivity contribution is 0.0455. The summed E-state index contributed by atoms with van der Waals surface area (Å²) in [6, 6.07) is 6.92. The molecule has 1 aliphatic heterocycles. The highest BCUT2D eigenvalue weighted by Crippen LogP contribution is 2.36. The standard InChI is InChI=1S/C13H16ClNOS/c14-12-3-1-2-9(6-15-10-4-5-10)13(12)17-11-7-16-8-11/h1-3,10-11,15H,4-8H2. The lowest BCUT2D eigenvalue weighted by atomic mass is 10.2. The molecule has 0 atom stereocenters. The maximum atomic E-state index is 6.30. The second-order valence-corrected chi connectivity index (χ2v) is 6.38. The number of hydrogen-bond acceptors (Lipinski definition) is 3. The fraction of sp³-hybridized carbons (Fsp3) is 0.538. The zero-order chi connectivity index (χ0) is 11.7. The molecule has 1 aliphatic carbocycles. The molecule has 2 aliphatic rings. The summed E-state index contributed by atoms with van der Waals surface area (Å²) in [4.78, 5) is 1.23. The zero-order valence-corrected chi connectivity index (χ0v) is 11.2. The predicted octanol–water partition coefficient (Wildman–Crippen LogP) is 3.08. The van der Waals surface area contributed by atoms with Crippen molar-refractivity contribution in [2.24, 2.45) is 0 Å². The van der Waals surface area contributed by atoms with Crippen LogP contribution in [0, 0.1) is 0 Å². The van der Waals surface area contributed by atoms with Gasteiger partial charge in [-0.3, -0.25) is 0 Å². The third kappa shape index (κ3) is 2.97. The van der Waals surface area contributed by atoms with Crippen LogP contribution in [0.3, 0.4) is 0 Å². The number of ether oxygens (including phenoxy) is 1. The van der Waals surface area contributed by atoms with Gasteiger partial charge in [0.15, 0.2) is 0 Å². The van der Waals surface area contributed by atoms with Gasteiger partial charge < -0.3 is 10.1 Å². The highest BCUT2D eigenvalue weighted by molar-refractivity contribution is 8.00. The van der Waals surface area contributed by atoms with E-state index in [4.69, 9.17) is 16.3 Å². The maximum absolute atomic E-state index is 6.30. The van der Waals surface area contributed by atoms with Crippen LogP contribution in [0.15, 0.2) is 23.1 Å². The van der Waals surface area contributed by atoms with Crippen LogP contribution in [-0.2, 0) is 11.3 Å². The Morgan fingerprint density at radius 1 is 1.35 bits per heavy atom. The van der Waals surface area contributed by atoms with Crippen LogP contribution < -0.4 is 5.32 Å². The Labute approximate surface area is 111 Å². The zero-order valence-electron chi connectivity index (χ0n) is 9.62. The van der Waals surface area contributed by atoms with Crippen LogP contribution in [0.25, 0.3) is 0 Å². The largest absolute Gasteiger partial charge is 0.379 e. The summed E-state index contributed by atoms with van der Waals surface area (Å²) in [5.41, 5.74) is 1.32. The Balaban J connectivity index is 1.71. The van der Waals surface area contributed by atoms with Gasteiger partial charge in [-0.25, -0.2) is 0 Å². The highest BCUT2D eigenvalue weighted by atomic mass is 35.5. The van der Waals surface area contributed by atoms with Crippen LogP contribution in [0.1, 0.15) is 18.4 Å². The fourth-order valence-corrected chi connectivity index (χ4v) is 3.28. The summed E-state index contributed by atoms with van der Waals surface area (Å²) >= 11 is 8.15. The van der Waals surface area contributed by atoms with Crippen molar-refractivity contribution >= 4 is 23.4 Å². The van der Waals surface area contributed by atoms with Crippen molar-refractivity contribution in [1.29, 1.82) is 0 Å². The molecule has 0 unspecified atom stereocenters. The van der Waals surface area contributed by atoms with E-state index in [0.29, 0.717) is 5.25 Å². The molecular weight excluding hydrogens is 254 g/mol. The number of halogens is 1. The van der Waals surface area contributed by atoms with E-state index < -0.39 is 0 Å². The van der Waals surface area contributed by atoms with Crippen molar-refractivity contribution in [3.05, 3.63) is 28.8 Å². The smallest absolute Gasteiger partial charge is 0.0611 e. The van der Waals surface area contributed by atoms with Crippen molar-refractivity contribution in [3.63, 3.8) is 0 Å². The number of thioether (sulfide) groups is 1. The molecule has 0 aromatic heterocycles. The first-order valence-electron chi connectivity index (χ1n) is 6.08. The van der Waals surface area contributed by atoms with E-state index in [1.807, 2.05) is 23.9 Å². The Bertz CT molecular complexity index is 404. The maximum Gasteiger partial charge on any atom is 0.0611 e. The van der Waals surface area contributed by atoms with Crippen LogP contribution >= 0.6 is 23.4 Å². The first-order valence-corrected chi connectivity index (χ1v) is 7.34. The number of nitrogens with one attached hydrogen (secondary N) is 1. The lowest BCUT2D eigenvalue weighted by Crippen LogP contribution is -2.30. The van der Waals surface area contributed by atoms with E-state index >= 15 is 0 Å². The molecular formula is C13H16ClNOS. The van der Waals surface area contributed by atoms with Crippen molar-refractivity contribution in [1.82, 2.24) is 5.32 Å². The van der Waals surface area contributed by atoms with Crippen LogP contribution in [0.2, 0.25) is 5.02 Å². The van der Waals surface area contributed by atoms with Crippen molar-refractivity contribution in [3.8, 4) is 0 Å². The van der Waals surface area contributed by atoms with Gasteiger partial charge >= 0.3 is 0 Å². The van der Waals surface area contributed by atoms with Crippen LogP contribution in [0.5, 0.6) is 0 Å². The summed E-state index contributed by atoms with van der Waals surface area (Å²) in [5, 5.41) is 5.00. The van der Waals surface area contributed by atoms with Crippen molar-refractivity contribution < 1.29 is 4.74 Å². The molecule has 2 fully saturated rings. The minimum atomic E-state index is 0.578. The number of benzene rings is 1. The molecule has 1 saturated heterocycles. The molecule has 17 heavy (non-hydrogen) atoms. The van der Waals surface area contributed by atoms with Gasteiger partial charge in [0.25, 0.3) is 0 Å². The van der Waals surface area contributed by atoms with Gasteiger partial charge in [0.1, 0.15) is 0 Å². The topological polar surface area (TPSA) is 21.3 Å². The molecule has 0 bridgehead atoms. The molecule has 1 heterocycles. The molecule has 3 rings (SSSR count). The minimum Gasteiger partial charge on any atom is -0.379 e. The monoisotopic (exact) mass is 269 g/mol. The van der Waals surface area contributed by atoms with Gasteiger partial charge in [-0.2, -0.15) is 0 Å². The third-order valence-corrected chi connectivity index (χ3v) is 4.85. The quantitative estimate of drug-likeness (QED) is 0.888. The average molecular weight is 270 g/mol. The molecule has 2 nitrogen and oxygen atoms in total.